The van der Waals surface area contributed by atoms with Crippen molar-refractivity contribution >= 4 is 23.4 Å². The maximum Gasteiger partial charge on any atom is 0.261 e. The third-order valence-electron chi connectivity index (χ3n) is 5.27. The van der Waals surface area contributed by atoms with Crippen molar-refractivity contribution in [3.05, 3.63) is 58.9 Å². The first-order chi connectivity index (χ1) is 13.0. The topological polar surface area (TPSA) is 79.4 Å². The van der Waals surface area contributed by atoms with E-state index in [-0.39, 0.29) is 23.8 Å². The van der Waals surface area contributed by atoms with E-state index in [2.05, 4.69) is 10.3 Å². The summed E-state index contributed by atoms with van der Waals surface area (Å²) in [7, 11) is 0. The predicted molar refractivity (Wildman–Crippen MR) is 101 cm³/mol. The lowest BCUT2D eigenvalue weighted by atomic mass is 9.94. The van der Waals surface area contributed by atoms with Crippen molar-refractivity contribution in [1.29, 1.82) is 0 Å². The SMILES string of the molecule is Cc1cc(NC(=O)c2ccc3c(c2)C(=O)N(C2CCCCC2)C3=O)ccn1. The van der Waals surface area contributed by atoms with Gasteiger partial charge in [-0.25, -0.2) is 0 Å². The van der Waals surface area contributed by atoms with Crippen LogP contribution in [0.5, 0.6) is 0 Å². The molecule has 6 nitrogen and oxygen atoms in total. The Balaban J connectivity index is 1.58. The third kappa shape index (κ3) is 3.23. The zero-order valence-corrected chi connectivity index (χ0v) is 15.2. The lowest BCUT2D eigenvalue weighted by Gasteiger charge is -2.29. The summed E-state index contributed by atoms with van der Waals surface area (Å²) in [6.07, 6.45) is 6.57. The molecule has 0 spiro atoms. The Bertz CT molecular complexity index is 932. The predicted octanol–water partition coefficient (Wildman–Crippen LogP) is 3.57. The molecule has 6 heteroatoms. The van der Waals surface area contributed by atoms with Crippen LogP contribution in [0.25, 0.3) is 0 Å². The number of anilines is 1. The van der Waals surface area contributed by atoms with Gasteiger partial charge in [0, 0.05) is 29.2 Å². The van der Waals surface area contributed by atoms with Crippen molar-refractivity contribution in [3.8, 4) is 0 Å². The molecule has 0 saturated heterocycles. The van der Waals surface area contributed by atoms with Gasteiger partial charge in [0.05, 0.1) is 11.1 Å². The van der Waals surface area contributed by atoms with E-state index in [0.29, 0.717) is 22.4 Å². The molecular weight excluding hydrogens is 342 g/mol. The molecule has 4 rings (SSSR count). The van der Waals surface area contributed by atoms with Crippen LogP contribution in [0.2, 0.25) is 0 Å². The highest BCUT2D eigenvalue weighted by Crippen LogP contribution is 2.31. The number of rotatable bonds is 3. The van der Waals surface area contributed by atoms with Crippen LogP contribution in [0, 0.1) is 6.92 Å². The second-order valence-electron chi connectivity index (χ2n) is 7.17. The Hall–Kier alpha value is -3.02. The first kappa shape index (κ1) is 17.4. The van der Waals surface area contributed by atoms with E-state index in [1.54, 1.807) is 30.5 Å². The second-order valence-corrected chi connectivity index (χ2v) is 7.17. The molecule has 138 valence electrons. The summed E-state index contributed by atoms with van der Waals surface area (Å²) in [5.41, 5.74) is 2.51. The summed E-state index contributed by atoms with van der Waals surface area (Å²) in [5.74, 6) is -0.838. The molecule has 1 saturated carbocycles. The van der Waals surface area contributed by atoms with Crippen LogP contribution < -0.4 is 5.32 Å². The molecule has 0 unspecified atom stereocenters. The number of amides is 3. The van der Waals surface area contributed by atoms with Crippen LogP contribution in [0.15, 0.2) is 36.5 Å². The standard InChI is InChI=1S/C21H21N3O3/c1-13-11-15(9-10-22-13)23-19(25)14-7-8-17-18(12-14)21(27)24(20(17)26)16-5-3-2-4-6-16/h7-12,16H,2-6H2,1H3,(H,22,23,25). The number of aryl methyl sites for hydroxylation is 1. The molecule has 1 fully saturated rings. The van der Waals surface area contributed by atoms with Crippen molar-refractivity contribution < 1.29 is 14.4 Å². The quantitative estimate of drug-likeness (QED) is 0.846. The Kier molecular flexibility index (Phi) is 4.48. The fourth-order valence-electron chi connectivity index (χ4n) is 3.90. The molecule has 3 amide bonds. The number of carbonyl (C=O) groups is 3. The van der Waals surface area contributed by atoms with Crippen molar-refractivity contribution in [3.63, 3.8) is 0 Å². The zero-order chi connectivity index (χ0) is 19.0. The largest absolute Gasteiger partial charge is 0.322 e. The first-order valence-corrected chi connectivity index (χ1v) is 9.30. The van der Waals surface area contributed by atoms with Gasteiger partial charge in [0.15, 0.2) is 0 Å². The van der Waals surface area contributed by atoms with E-state index in [1.807, 2.05) is 6.92 Å². The van der Waals surface area contributed by atoms with Gasteiger partial charge in [-0.2, -0.15) is 0 Å². The van der Waals surface area contributed by atoms with Crippen molar-refractivity contribution in [2.75, 3.05) is 5.32 Å². The first-order valence-electron chi connectivity index (χ1n) is 9.30. The highest BCUT2D eigenvalue weighted by Gasteiger charge is 2.40. The van der Waals surface area contributed by atoms with Crippen molar-refractivity contribution in [2.45, 2.75) is 45.1 Å². The molecule has 1 aliphatic carbocycles. The number of carbonyl (C=O) groups excluding carboxylic acids is 3. The van der Waals surface area contributed by atoms with E-state index >= 15 is 0 Å². The number of benzene rings is 1. The Morgan fingerprint density at radius 2 is 1.78 bits per heavy atom. The van der Waals surface area contributed by atoms with Gasteiger partial charge in [-0.3, -0.25) is 24.3 Å². The summed E-state index contributed by atoms with van der Waals surface area (Å²) in [5, 5.41) is 2.80. The maximum absolute atomic E-state index is 12.8. The minimum Gasteiger partial charge on any atom is -0.322 e. The van der Waals surface area contributed by atoms with Crippen LogP contribution in [-0.2, 0) is 0 Å². The van der Waals surface area contributed by atoms with E-state index in [0.717, 1.165) is 37.8 Å². The summed E-state index contributed by atoms with van der Waals surface area (Å²) in [6, 6.07) is 8.16. The third-order valence-corrected chi connectivity index (χ3v) is 5.27. The number of nitrogens with zero attached hydrogens (tertiary/aromatic N) is 2. The van der Waals surface area contributed by atoms with Gasteiger partial charge >= 0.3 is 0 Å². The molecule has 1 aliphatic heterocycles. The number of hydrogen-bond donors (Lipinski definition) is 1. The molecule has 1 N–H and O–H groups in total. The number of pyridine rings is 1. The molecule has 0 radical (unpaired) electrons. The molecule has 2 aliphatic rings. The lowest BCUT2D eigenvalue weighted by Crippen LogP contribution is -2.40. The van der Waals surface area contributed by atoms with E-state index in [4.69, 9.17) is 0 Å². The summed E-state index contributed by atoms with van der Waals surface area (Å²) in [4.78, 5) is 43.6. The summed E-state index contributed by atoms with van der Waals surface area (Å²) < 4.78 is 0. The minimum atomic E-state index is -0.320. The normalized spacial score (nSPS) is 17.1. The van der Waals surface area contributed by atoms with Crippen LogP contribution in [0.1, 0.15) is 68.9 Å². The van der Waals surface area contributed by atoms with Crippen LogP contribution in [-0.4, -0.2) is 33.6 Å². The minimum absolute atomic E-state index is 0.0248. The molecule has 0 bridgehead atoms. The highest BCUT2D eigenvalue weighted by atomic mass is 16.2. The Labute approximate surface area is 157 Å². The van der Waals surface area contributed by atoms with Gasteiger partial charge in [0.2, 0.25) is 0 Å². The number of fused-ring (bicyclic) bond motifs is 1. The van der Waals surface area contributed by atoms with Gasteiger partial charge in [-0.15, -0.1) is 0 Å². The molecule has 2 aromatic rings. The lowest BCUT2D eigenvalue weighted by molar-refractivity contribution is 0.0549. The van der Waals surface area contributed by atoms with Crippen LogP contribution in [0.3, 0.4) is 0 Å². The summed E-state index contributed by atoms with van der Waals surface area (Å²) >= 11 is 0. The average Bonchev–Trinajstić information content (AvgIpc) is 2.92. The van der Waals surface area contributed by atoms with Crippen LogP contribution in [0.4, 0.5) is 5.69 Å². The number of hydrogen-bond acceptors (Lipinski definition) is 4. The van der Waals surface area contributed by atoms with Crippen molar-refractivity contribution in [1.82, 2.24) is 9.88 Å². The summed E-state index contributed by atoms with van der Waals surface area (Å²) in [6.45, 7) is 1.84. The van der Waals surface area contributed by atoms with E-state index < -0.39 is 0 Å². The molecule has 1 aromatic carbocycles. The van der Waals surface area contributed by atoms with Gasteiger partial charge < -0.3 is 5.32 Å². The maximum atomic E-state index is 12.8. The van der Waals surface area contributed by atoms with Gasteiger partial charge in [0.25, 0.3) is 17.7 Å². The molecule has 2 heterocycles. The van der Waals surface area contributed by atoms with Crippen molar-refractivity contribution in [2.24, 2.45) is 0 Å². The molecule has 27 heavy (non-hydrogen) atoms. The average molecular weight is 363 g/mol. The van der Waals surface area contributed by atoms with Gasteiger partial charge in [-0.1, -0.05) is 19.3 Å². The zero-order valence-electron chi connectivity index (χ0n) is 15.2. The van der Waals surface area contributed by atoms with E-state index in [1.165, 1.54) is 11.0 Å². The number of nitrogens with one attached hydrogen (secondary N) is 1. The highest BCUT2D eigenvalue weighted by molar-refractivity contribution is 6.22. The fraction of sp³-hybridized carbons (Fsp3) is 0.333. The number of imide groups is 1. The fourth-order valence-corrected chi connectivity index (χ4v) is 3.90. The van der Waals surface area contributed by atoms with E-state index in [9.17, 15) is 14.4 Å². The second kappa shape index (κ2) is 6.95. The monoisotopic (exact) mass is 363 g/mol. The number of aromatic nitrogens is 1. The van der Waals surface area contributed by atoms with Gasteiger partial charge in [0.1, 0.15) is 0 Å². The molecule has 1 aromatic heterocycles. The Morgan fingerprint density at radius 3 is 2.52 bits per heavy atom. The van der Waals surface area contributed by atoms with Gasteiger partial charge in [-0.05, 0) is 50.1 Å². The smallest absolute Gasteiger partial charge is 0.261 e. The molecule has 0 atom stereocenters. The Morgan fingerprint density at radius 1 is 1.04 bits per heavy atom. The van der Waals surface area contributed by atoms with Crippen LogP contribution >= 0.6 is 0 Å². The molecular formula is C21H21N3O3.